The molecule has 1 saturated carbocycles. The Morgan fingerprint density at radius 3 is 2.69 bits per heavy atom. The smallest absolute Gasteiger partial charge is 0.161 e. The normalized spacial score (nSPS) is 19.2. The van der Waals surface area contributed by atoms with Crippen molar-refractivity contribution in [2.45, 2.75) is 38.1 Å². The van der Waals surface area contributed by atoms with Gasteiger partial charge in [-0.25, -0.2) is 0 Å². The highest BCUT2D eigenvalue weighted by Crippen LogP contribution is 2.54. The first kappa shape index (κ1) is 11.3. The molecular weight excluding hydrogens is 202 g/mol. The Bertz CT molecular complexity index is 384. The summed E-state index contributed by atoms with van der Waals surface area (Å²) in [5.41, 5.74) is 6.91. The summed E-state index contributed by atoms with van der Waals surface area (Å²) in [6.45, 7) is 4.46. The molecule has 0 aromatic heterocycles. The number of para-hydroxylation sites is 1. The van der Waals surface area contributed by atoms with Gasteiger partial charge in [-0.2, -0.15) is 0 Å². The molecule has 88 valence electrons. The lowest BCUT2D eigenvalue weighted by atomic mass is 9.88. The first-order valence-corrected chi connectivity index (χ1v) is 5.82. The lowest BCUT2D eigenvalue weighted by Crippen LogP contribution is -2.31. The fourth-order valence-corrected chi connectivity index (χ4v) is 2.30. The number of nitrogens with two attached hydrogens (primary N) is 1. The van der Waals surface area contributed by atoms with Crippen LogP contribution < -0.4 is 10.5 Å². The number of phenols is 1. The molecular formula is C13H19NO2. The van der Waals surface area contributed by atoms with E-state index in [0.29, 0.717) is 12.4 Å². The van der Waals surface area contributed by atoms with E-state index >= 15 is 0 Å². The Kier molecular flexibility index (Phi) is 2.80. The zero-order valence-corrected chi connectivity index (χ0v) is 9.86. The van der Waals surface area contributed by atoms with Crippen LogP contribution in [0.15, 0.2) is 18.2 Å². The topological polar surface area (TPSA) is 55.5 Å². The highest BCUT2D eigenvalue weighted by molar-refractivity contribution is 5.52. The van der Waals surface area contributed by atoms with Gasteiger partial charge in [0.15, 0.2) is 11.5 Å². The van der Waals surface area contributed by atoms with Gasteiger partial charge in [-0.3, -0.25) is 0 Å². The van der Waals surface area contributed by atoms with Crippen LogP contribution in [0.25, 0.3) is 0 Å². The van der Waals surface area contributed by atoms with Gasteiger partial charge in [-0.05, 0) is 32.8 Å². The first-order valence-electron chi connectivity index (χ1n) is 5.82. The van der Waals surface area contributed by atoms with Gasteiger partial charge in [0.05, 0.1) is 6.61 Å². The maximum Gasteiger partial charge on any atom is 0.161 e. The number of rotatable bonds is 4. The third-order valence-corrected chi connectivity index (χ3v) is 3.50. The molecule has 3 N–H and O–H groups in total. The summed E-state index contributed by atoms with van der Waals surface area (Å²) >= 11 is 0. The SMILES string of the molecule is CCOc1cccc(C2(C(C)N)CC2)c1O. The standard InChI is InChI=1S/C13H19NO2/c1-3-16-11-6-4-5-10(12(11)15)13(7-8-13)9(2)14/h4-6,9,15H,3,7-8,14H2,1-2H3. The molecule has 1 aromatic rings. The summed E-state index contributed by atoms with van der Waals surface area (Å²) in [7, 11) is 0. The molecule has 1 aromatic carbocycles. The summed E-state index contributed by atoms with van der Waals surface area (Å²) < 4.78 is 5.39. The average Bonchev–Trinajstić information content (AvgIpc) is 3.02. The Labute approximate surface area is 96.2 Å². The molecule has 0 amide bonds. The fourth-order valence-electron chi connectivity index (χ4n) is 2.30. The number of aromatic hydroxyl groups is 1. The molecule has 0 radical (unpaired) electrons. The van der Waals surface area contributed by atoms with Crippen molar-refractivity contribution in [1.82, 2.24) is 0 Å². The van der Waals surface area contributed by atoms with Gasteiger partial charge in [-0.1, -0.05) is 12.1 Å². The molecule has 0 spiro atoms. The molecule has 1 fully saturated rings. The van der Waals surface area contributed by atoms with Crippen molar-refractivity contribution in [3.63, 3.8) is 0 Å². The van der Waals surface area contributed by atoms with Crippen molar-refractivity contribution < 1.29 is 9.84 Å². The highest BCUT2D eigenvalue weighted by atomic mass is 16.5. The predicted molar refractivity (Wildman–Crippen MR) is 63.8 cm³/mol. The van der Waals surface area contributed by atoms with E-state index in [1.807, 2.05) is 26.0 Å². The number of ether oxygens (including phenoxy) is 1. The average molecular weight is 221 g/mol. The van der Waals surface area contributed by atoms with Crippen molar-refractivity contribution in [1.29, 1.82) is 0 Å². The molecule has 3 nitrogen and oxygen atoms in total. The molecule has 0 bridgehead atoms. The van der Waals surface area contributed by atoms with Gasteiger partial charge in [0.1, 0.15) is 0 Å². The third kappa shape index (κ3) is 1.65. The second kappa shape index (κ2) is 3.98. The van der Waals surface area contributed by atoms with Crippen LogP contribution >= 0.6 is 0 Å². The molecule has 1 unspecified atom stereocenters. The Balaban J connectivity index is 2.38. The fraction of sp³-hybridized carbons (Fsp3) is 0.538. The van der Waals surface area contributed by atoms with Gasteiger partial charge in [0.2, 0.25) is 0 Å². The van der Waals surface area contributed by atoms with Crippen LogP contribution in [0, 0.1) is 0 Å². The molecule has 1 aliphatic rings. The van der Waals surface area contributed by atoms with Gasteiger partial charge >= 0.3 is 0 Å². The van der Waals surface area contributed by atoms with E-state index in [-0.39, 0.29) is 17.2 Å². The van der Waals surface area contributed by atoms with Crippen molar-refractivity contribution in [2.75, 3.05) is 6.61 Å². The van der Waals surface area contributed by atoms with Crippen molar-refractivity contribution in [3.8, 4) is 11.5 Å². The van der Waals surface area contributed by atoms with Crippen LogP contribution in [0.3, 0.4) is 0 Å². The van der Waals surface area contributed by atoms with E-state index in [0.717, 1.165) is 18.4 Å². The minimum absolute atomic E-state index is 0.0306. The first-order chi connectivity index (χ1) is 7.62. The minimum Gasteiger partial charge on any atom is -0.504 e. The Hall–Kier alpha value is -1.22. The van der Waals surface area contributed by atoms with Crippen molar-refractivity contribution in [3.05, 3.63) is 23.8 Å². The van der Waals surface area contributed by atoms with Crippen LogP contribution in [0.2, 0.25) is 0 Å². The zero-order valence-electron chi connectivity index (χ0n) is 9.86. The minimum atomic E-state index is -0.0306. The molecule has 0 aliphatic heterocycles. The molecule has 1 atom stereocenters. The molecule has 3 heteroatoms. The molecule has 2 rings (SSSR count). The summed E-state index contributed by atoms with van der Waals surface area (Å²) in [6, 6.07) is 5.73. The largest absolute Gasteiger partial charge is 0.504 e. The summed E-state index contributed by atoms with van der Waals surface area (Å²) in [5, 5.41) is 10.2. The molecule has 0 saturated heterocycles. The maximum atomic E-state index is 10.2. The lowest BCUT2D eigenvalue weighted by Gasteiger charge is -2.22. The van der Waals surface area contributed by atoms with Crippen LogP contribution in [-0.4, -0.2) is 17.8 Å². The Morgan fingerprint density at radius 1 is 1.50 bits per heavy atom. The lowest BCUT2D eigenvalue weighted by molar-refractivity contribution is 0.314. The van der Waals surface area contributed by atoms with E-state index in [1.54, 1.807) is 6.07 Å². The summed E-state index contributed by atoms with van der Waals surface area (Å²) in [4.78, 5) is 0. The second-order valence-corrected chi connectivity index (χ2v) is 4.53. The van der Waals surface area contributed by atoms with Gasteiger partial charge in [-0.15, -0.1) is 0 Å². The van der Waals surface area contributed by atoms with Crippen molar-refractivity contribution in [2.24, 2.45) is 5.73 Å². The quantitative estimate of drug-likeness (QED) is 0.819. The third-order valence-electron chi connectivity index (χ3n) is 3.50. The van der Waals surface area contributed by atoms with E-state index in [2.05, 4.69) is 0 Å². The predicted octanol–water partition coefficient (Wildman–Crippen LogP) is 2.17. The van der Waals surface area contributed by atoms with Gasteiger partial charge in [0.25, 0.3) is 0 Å². The molecule has 0 heterocycles. The highest BCUT2D eigenvalue weighted by Gasteiger charge is 2.49. The maximum absolute atomic E-state index is 10.2. The molecule has 1 aliphatic carbocycles. The van der Waals surface area contributed by atoms with Crippen LogP contribution in [-0.2, 0) is 5.41 Å². The summed E-state index contributed by atoms with van der Waals surface area (Å²) in [6.07, 6.45) is 2.10. The van der Waals surface area contributed by atoms with E-state index in [9.17, 15) is 5.11 Å². The van der Waals surface area contributed by atoms with Gasteiger partial charge in [0, 0.05) is 17.0 Å². The van der Waals surface area contributed by atoms with Crippen LogP contribution in [0.5, 0.6) is 11.5 Å². The number of benzene rings is 1. The zero-order chi connectivity index (χ0) is 11.8. The Morgan fingerprint density at radius 2 is 2.19 bits per heavy atom. The van der Waals surface area contributed by atoms with Crippen LogP contribution in [0.1, 0.15) is 32.3 Å². The second-order valence-electron chi connectivity index (χ2n) is 4.53. The summed E-state index contributed by atoms with van der Waals surface area (Å²) in [5.74, 6) is 0.825. The van der Waals surface area contributed by atoms with E-state index in [1.165, 1.54) is 0 Å². The number of phenolic OH excluding ortho intramolecular Hbond substituents is 1. The van der Waals surface area contributed by atoms with Crippen LogP contribution in [0.4, 0.5) is 0 Å². The van der Waals surface area contributed by atoms with E-state index in [4.69, 9.17) is 10.5 Å². The van der Waals surface area contributed by atoms with Gasteiger partial charge < -0.3 is 15.6 Å². The monoisotopic (exact) mass is 221 g/mol. The molecule has 16 heavy (non-hydrogen) atoms. The van der Waals surface area contributed by atoms with E-state index < -0.39 is 0 Å². The number of hydrogen-bond donors (Lipinski definition) is 2. The number of hydrogen-bond acceptors (Lipinski definition) is 3. The van der Waals surface area contributed by atoms with Crippen molar-refractivity contribution >= 4 is 0 Å².